The quantitative estimate of drug-likeness (QED) is 0.867. The van der Waals surface area contributed by atoms with Gasteiger partial charge in [-0.3, -0.25) is 4.79 Å². The van der Waals surface area contributed by atoms with Gasteiger partial charge in [0.05, 0.1) is 0 Å². The molecule has 0 aliphatic heterocycles. The number of carbonyl (C=O) groups is 2. The van der Waals surface area contributed by atoms with E-state index in [4.69, 9.17) is 16.7 Å². The lowest BCUT2D eigenvalue weighted by molar-refractivity contribution is -0.139. The first-order valence-electron chi connectivity index (χ1n) is 5.26. The topological polar surface area (TPSA) is 66.4 Å². The first-order chi connectivity index (χ1) is 7.97. The Morgan fingerprint density at radius 2 is 2.12 bits per heavy atom. The lowest BCUT2D eigenvalue weighted by Gasteiger charge is -2.13. The minimum absolute atomic E-state index is 0.334. The van der Waals surface area contributed by atoms with E-state index in [2.05, 4.69) is 5.32 Å². The van der Waals surface area contributed by atoms with Gasteiger partial charge < -0.3 is 10.4 Å². The highest BCUT2D eigenvalue weighted by Crippen LogP contribution is 2.18. The first kappa shape index (κ1) is 13.5. The fourth-order valence-electron chi connectivity index (χ4n) is 1.43. The normalized spacial score (nSPS) is 11.9. The van der Waals surface area contributed by atoms with Crippen LogP contribution >= 0.6 is 11.6 Å². The van der Waals surface area contributed by atoms with Crippen LogP contribution in [0.4, 0.5) is 0 Å². The summed E-state index contributed by atoms with van der Waals surface area (Å²) in [6, 6.07) is 4.08. The molecule has 0 spiro atoms. The van der Waals surface area contributed by atoms with Crippen molar-refractivity contribution in [3.05, 3.63) is 34.3 Å². The summed E-state index contributed by atoms with van der Waals surface area (Å²) in [5, 5.41) is 11.8. The molecule has 1 amide bonds. The molecule has 0 aliphatic rings. The van der Waals surface area contributed by atoms with Gasteiger partial charge in [0.1, 0.15) is 6.04 Å². The number of carboxylic acid groups (broad SMARTS) is 1. The molecule has 0 saturated carbocycles. The van der Waals surface area contributed by atoms with E-state index in [9.17, 15) is 9.59 Å². The van der Waals surface area contributed by atoms with Gasteiger partial charge in [-0.2, -0.15) is 0 Å². The van der Waals surface area contributed by atoms with Gasteiger partial charge >= 0.3 is 5.97 Å². The zero-order valence-corrected chi connectivity index (χ0v) is 10.4. The molecule has 0 saturated heterocycles. The molecule has 1 aromatic rings. The van der Waals surface area contributed by atoms with Crippen LogP contribution in [0.3, 0.4) is 0 Å². The van der Waals surface area contributed by atoms with E-state index in [-0.39, 0.29) is 0 Å². The standard InChI is InChI=1S/C12H14ClNO3/c1-3-10(12(16)17)14-11(15)8-5-4-6-9(13)7(8)2/h4-6,10H,3H2,1-2H3,(H,14,15)(H,16,17). The number of hydrogen-bond donors (Lipinski definition) is 2. The Hall–Kier alpha value is -1.55. The van der Waals surface area contributed by atoms with Crippen molar-refractivity contribution < 1.29 is 14.7 Å². The molecule has 1 aromatic carbocycles. The molecule has 1 rings (SSSR count). The van der Waals surface area contributed by atoms with Crippen molar-refractivity contribution in [2.24, 2.45) is 0 Å². The first-order valence-corrected chi connectivity index (χ1v) is 5.64. The minimum atomic E-state index is -1.04. The Morgan fingerprint density at radius 1 is 1.47 bits per heavy atom. The molecule has 17 heavy (non-hydrogen) atoms. The third kappa shape index (κ3) is 3.20. The molecule has 0 heterocycles. The second-order valence-corrected chi connectivity index (χ2v) is 4.09. The monoisotopic (exact) mass is 255 g/mol. The zero-order chi connectivity index (χ0) is 13.0. The van der Waals surface area contributed by atoms with Crippen molar-refractivity contribution in [3.63, 3.8) is 0 Å². The predicted octanol–water partition coefficient (Wildman–Crippen LogP) is 2.24. The lowest BCUT2D eigenvalue weighted by Crippen LogP contribution is -2.40. The van der Waals surface area contributed by atoms with E-state index in [0.717, 1.165) is 0 Å². The fraction of sp³-hybridized carbons (Fsp3) is 0.333. The maximum atomic E-state index is 11.9. The minimum Gasteiger partial charge on any atom is -0.480 e. The number of amides is 1. The number of aliphatic carboxylic acids is 1. The Morgan fingerprint density at radius 3 is 2.65 bits per heavy atom. The van der Waals surface area contributed by atoms with Crippen molar-refractivity contribution in [1.29, 1.82) is 0 Å². The van der Waals surface area contributed by atoms with Gasteiger partial charge in [-0.15, -0.1) is 0 Å². The Balaban J connectivity index is 2.90. The summed E-state index contributed by atoms with van der Waals surface area (Å²) in [5.41, 5.74) is 1.05. The molecule has 1 unspecified atom stereocenters. The van der Waals surface area contributed by atoms with Crippen LogP contribution in [0.1, 0.15) is 29.3 Å². The number of halogens is 1. The van der Waals surface area contributed by atoms with E-state index >= 15 is 0 Å². The average Bonchev–Trinajstić information content (AvgIpc) is 2.28. The Kier molecular flexibility index (Phi) is 4.52. The third-order valence-corrected chi connectivity index (χ3v) is 2.93. The van der Waals surface area contributed by atoms with Gasteiger partial charge in [0, 0.05) is 10.6 Å². The van der Waals surface area contributed by atoms with Crippen molar-refractivity contribution in [3.8, 4) is 0 Å². The van der Waals surface area contributed by atoms with Crippen LogP contribution in [0.2, 0.25) is 5.02 Å². The highest BCUT2D eigenvalue weighted by atomic mass is 35.5. The number of benzene rings is 1. The number of carboxylic acids is 1. The molecular weight excluding hydrogens is 242 g/mol. The van der Waals surface area contributed by atoms with Crippen LogP contribution in [0.5, 0.6) is 0 Å². The molecule has 92 valence electrons. The van der Waals surface area contributed by atoms with Crippen molar-refractivity contribution >= 4 is 23.5 Å². The van der Waals surface area contributed by atoms with Gasteiger partial charge in [-0.25, -0.2) is 4.79 Å². The summed E-state index contributed by atoms with van der Waals surface area (Å²) >= 11 is 5.89. The van der Waals surface area contributed by atoms with Gasteiger partial charge in [0.25, 0.3) is 5.91 Å². The summed E-state index contributed by atoms with van der Waals surface area (Å²) in [5.74, 6) is -1.46. The molecule has 1 atom stereocenters. The number of rotatable bonds is 4. The molecule has 0 aliphatic carbocycles. The number of hydrogen-bond acceptors (Lipinski definition) is 2. The van der Waals surface area contributed by atoms with E-state index in [1.165, 1.54) is 0 Å². The molecular formula is C12H14ClNO3. The Bertz CT molecular complexity index is 445. The molecule has 5 heteroatoms. The molecule has 0 radical (unpaired) electrons. The van der Waals surface area contributed by atoms with Gasteiger partial charge in [0.2, 0.25) is 0 Å². The van der Waals surface area contributed by atoms with Gasteiger partial charge in [0.15, 0.2) is 0 Å². The highest BCUT2D eigenvalue weighted by molar-refractivity contribution is 6.31. The average molecular weight is 256 g/mol. The van der Waals surface area contributed by atoms with E-state index in [1.807, 2.05) is 0 Å². The van der Waals surface area contributed by atoms with Crippen molar-refractivity contribution in [2.75, 3.05) is 0 Å². The fourth-order valence-corrected chi connectivity index (χ4v) is 1.60. The van der Waals surface area contributed by atoms with Gasteiger partial charge in [-0.05, 0) is 31.0 Å². The smallest absolute Gasteiger partial charge is 0.326 e. The summed E-state index contributed by atoms with van der Waals surface area (Å²) in [7, 11) is 0. The molecule has 2 N–H and O–H groups in total. The number of carbonyl (C=O) groups excluding carboxylic acids is 1. The number of nitrogens with one attached hydrogen (secondary N) is 1. The van der Waals surface area contributed by atoms with Crippen LogP contribution in [0.25, 0.3) is 0 Å². The predicted molar refractivity (Wildman–Crippen MR) is 65.4 cm³/mol. The SMILES string of the molecule is CCC(NC(=O)c1cccc(Cl)c1C)C(=O)O. The summed E-state index contributed by atoms with van der Waals surface area (Å²) in [6.07, 6.45) is 0.334. The summed E-state index contributed by atoms with van der Waals surface area (Å²) < 4.78 is 0. The van der Waals surface area contributed by atoms with Crippen LogP contribution in [0, 0.1) is 6.92 Å². The molecule has 0 aromatic heterocycles. The Labute approximate surface area is 105 Å². The van der Waals surface area contributed by atoms with Crippen molar-refractivity contribution in [1.82, 2.24) is 5.32 Å². The lowest BCUT2D eigenvalue weighted by atomic mass is 10.1. The maximum Gasteiger partial charge on any atom is 0.326 e. The second-order valence-electron chi connectivity index (χ2n) is 3.68. The van der Waals surface area contributed by atoms with E-state index < -0.39 is 17.9 Å². The molecule has 0 bridgehead atoms. The van der Waals surface area contributed by atoms with Crippen LogP contribution in [-0.4, -0.2) is 23.0 Å². The van der Waals surface area contributed by atoms with E-state index in [1.54, 1.807) is 32.0 Å². The zero-order valence-electron chi connectivity index (χ0n) is 9.66. The maximum absolute atomic E-state index is 11.9. The largest absolute Gasteiger partial charge is 0.480 e. The van der Waals surface area contributed by atoms with Gasteiger partial charge in [-0.1, -0.05) is 24.6 Å². The van der Waals surface area contributed by atoms with Crippen LogP contribution in [-0.2, 0) is 4.79 Å². The molecule has 4 nitrogen and oxygen atoms in total. The molecule has 0 fully saturated rings. The second kappa shape index (κ2) is 5.68. The summed E-state index contributed by atoms with van der Waals surface area (Å²) in [6.45, 7) is 3.42. The van der Waals surface area contributed by atoms with E-state index in [0.29, 0.717) is 22.6 Å². The third-order valence-electron chi connectivity index (χ3n) is 2.52. The summed E-state index contributed by atoms with van der Waals surface area (Å²) in [4.78, 5) is 22.7. The van der Waals surface area contributed by atoms with Crippen molar-refractivity contribution in [2.45, 2.75) is 26.3 Å². The highest BCUT2D eigenvalue weighted by Gasteiger charge is 2.19. The van der Waals surface area contributed by atoms with Crippen LogP contribution in [0.15, 0.2) is 18.2 Å². The van der Waals surface area contributed by atoms with Crippen LogP contribution < -0.4 is 5.32 Å².